The summed E-state index contributed by atoms with van der Waals surface area (Å²) in [7, 11) is 0. The van der Waals surface area contributed by atoms with Gasteiger partial charge in [-0.25, -0.2) is 0 Å². The van der Waals surface area contributed by atoms with Crippen molar-refractivity contribution in [3.05, 3.63) is 46.0 Å². The Hall–Kier alpha value is -2.09. The number of nitro groups is 1. The van der Waals surface area contributed by atoms with Crippen molar-refractivity contribution >= 4 is 11.4 Å². The normalized spacial score (nSPS) is 11.8. The van der Waals surface area contributed by atoms with Crippen LogP contribution in [0.1, 0.15) is 5.56 Å². The first-order valence-electron chi connectivity index (χ1n) is 5.31. The molecule has 19 heavy (non-hydrogen) atoms. The van der Waals surface area contributed by atoms with Crippen LogP contribution in [0.15, 0.2) is 30.4 Å². The van der Waals surface area contributed by atoms with Gasteiger partial charge in [0.2, 0.25) is 0 Å². The van der Waals surface area contributed by atoms with E-state index in [4.69, 9.17) is 5.73 Å². The number of nitrogens with two attached hydrogens (primary N) is 1. The van der Waals surface area contributed by atoms with Gasteiger partial charge in [-0.2, -0.15) is 13.2 Å². The van der Waals surface area contributed by atoms with Crippen LogP contribution in [-0.2, 0) is 6.18 Å². The Morgan fingerprint density at radius 3 is 2.58 bits per heavy atom. The van der Waals surface area contributed by atoms with Crippen LogP contribution in [0.5, 0.6) is 0 Å². The lowest BCUT2D eigenvalue weighted by molar-refractivity contribution is -0.384. The fraction of sp³-hybridized carbons (Fsp3) is 0.273. The van der Waals surface area contributed by atoms with Crippen LogP contribution in [0.2, 0.25) is 0 Å². The van der Waals surface area contributed by atoms with Gasteiger partial charge in [0.1, 0.15) is 5.69 Å². The van der Waals surface area contributed by atoms with Gasteiger partial charge in [-0.15, -0.1) is 0 Å². The highest BCUT2D eigenvalue weighted by Gasteiger charge is 2.32. The molecule has 0 spiro atoms. The van der Waals surface area contributed by atoms with Gasteiger partial charge >= 0.3 is 6.18 Å². The topological polar surface area (TPSA) is 81.2 Å². The van der Waals surface area contributed by atoms with Crippen LogP contribution in [-0.4, -0.2) is 18.0 Å². The molecule has 0 atom stereocenters. The van der Waals surface area contributed by atoms with E-state index in [9.17, 15) is 23.3 Å². The maximum Gasteiger partial charge on any atom is 0.416 e. The van der Waals surface area contributed by atoms with Crippen LogP contribution in [0.4, 0.5) is 24.5 Å². The molecule has 1 aromatic rings. The highest BCUT2D eigenvalue weighted by Crippen LogP contribution is 2.34. The maximum absolute atomic E-state index is 12.4. The van der Waals surface area contributed by atoms with E-state index in [2.05, 4.69) is 5.32 Å². The van der Waals surface area contributed by atoms with Crippen LogP contribution in [0.3, 0.4) is 0 Å². The molecular weight excluding hydrogens is 263 g/mol. The molecule has 0 aliphatic rings. The first kappa shape index (κ1) is 15.0. The van der Waals surface area contributed by atoms with E-state index < -0.39 is 22.4 Å². The van der Waals surface area contributed by atoms with Gasteiger partial charge in [0.05, 0.1) is 10.5 Å². The molecule has 0 saturated carbocycles. The summed E-state index contributed by atoms with van der Waals surface area (Å²) in [5.74, 6) is 0. The quantitative estimate of drug-likeness (QED) is 0.491. The van der Waals surface area contributed by atoms with E-state index in [0.29, 0.717) is 12.6 Å². The number of anilines is 1. The summed E-state index contributed by atoms with van der Waals surface area (Å²) in [6, 6.07) is 2.34. The Balaban J connectivity index is 2.99. The Morgan fingerprint density at radius 1 is 1.37 bits per heavy atom. The second-order valence-electron chi connectivity index (χ2n) is 3.57. The monoisotopic (exact) mass is 275 g/mol. The van der Waals surface area contributed by atoms with Crippen molar-refractivity contribution in [1.82, 2.24) is 0 Å². The fourth-order valence-electron chi connectivity index (χ4n) is 1.36. The van der Waals surface area contributed by atoms with E-state index in [1.165, 1.54) is 0 Å². The number of nitrogens with one attached hydrogen (secondary N) is 1. The lowest BCUT2D eigenvalue weighted by atomic mass is 10.1. The van der Waals surface area contributed by atoms with Gasteiger partial charge in [-0.1, -0.05) is 12.2 Å². The summed E-state index contributed by atoms with van der Waals surface area (Å²) in [6.45, 7) is 0.556. The number of nitro benzene ring substituents is 1. The number of hydrogen-bond acceptors (Lipinski definition) is 4. The van der Waals surface area contributed by atoms with Crippen LogP contribution < -0.4 is 11.1 Å². The van der Waals surface area contributed by atoms with Gasteiger partial charge in [-0.3, -0.25) is 10.1 Å². The molecule has 1 aromatic carbocycles. The van der Waals surface area contributed by atoms with E-state index in [-0.39, 0.29) is 12.2 Å². The minimum Gasteiger partial charge on any atom is -0.376 e. The molecule has 0 aliphatic carbocycles. The number of rotatable bonds is 5. The van der Waals surface area contributed by atoms with Gasteiger partial charge in [0.15, 0.2) is 0 Å². The zero-order valence-electron chi connectivity index (χ0n) is 9.78. The zero-order valence-corrected chi connectivity index (χ0v) is 9.78. The molecule has 0 aromatic heterocycles. The largest absolute Gasteiger partial charge is 0.416 e. The number of halogens is 3. The van der Waals surface area contributed by atoms with Gasteiger partial charge in [-0.05, 0) is 12.1 Å². The van der Waals surface area contributed by atoms with Crippen LogP contribution in [0.25, 0.3) is 0 Å². The predicted octanol–water partition coefficient (Wildman–Crippen LogP) is 2.54. The van der Waals surface area contributed by atoms with Crippen molar-refractivity contribution in [3.63, 3.8) is 0 Å². The molecular formula is C11H12F3N3O2. The van der Waals surface area contributed by atoms with Crippen molar-refractivity contribution in [2.24, 2.45) is 5.73 Å². The number of alkyl halides is 3. The minimum atomic E-state index is -4.61. The van der Waals surface area contributed by atoms with Crippen molar-refractivity contribution in [3.8, 4) is 0 Å². The standard InChI is InChI=1S/C11H12F3N3O2/c12-11(13,14)8-3-4-9(10(7-8)17(18)19)16-6-2-1-5-15/h1-4,7,16H,5-6,15H2/b2-1+. The van der Waals surface area contributed by atoms with Gasteiger partial charge in [0.25, 0.3) is 5.69 Å². The number of hydrogen-bond donors (Lipinski definition) is 2. The van der Waals surface area contributed by atoms with Crippen molar-refractivity contribution in [2.75, 3.05) is 18.4 Å². The maximum atomic E-state index is 12.4. The molecule has 3 N–H and O–H groups in total. The SMILES string of the molecule is NC/C=C/CNc1ccc(C(F)(F)F)cc1[N+](=O)[O-]. The highest BCUT2D eigenvalue weighted by molar-refractivity contribution is 5.63. The Labute approximate surface area is 107 Å². The van der Waals surface area contributed by atoms with Crippen LogP contribution in [0, 0.1) is 10.1 Å². The fourth-order valence-corrected chi connectivity index (χ4v) is 1.36. The first-order chi connectivity index (χ1) is 8.86. The minimum absolute atomic E-state index is 0.0275. The molecule has 0 heterocycles. The van der Waals surface area contributed by atoms with E-state index in [1.807, 2.05) is 0 Å². The average molecular weight is 275 g/mol. The van der Waals surface area contributed by atoms with Crippen molar-refractivity contribution in [2.45, 2.75) is 6.18 Å². The molecule has 0 unspecified atom stereocenters. The van der Waals surface area contributed by atoms with E-state index in [0.717, 1.165) is 12.1 Å². The third-order valence-electron chi connectivity index (χ3n) is 2.23. The van der Waals surface area contributed by atoms with E-state index >= 15 is 0 Å². The summed E-state index contributed by atoms with van der Waals surface area (Å²) in [4.78, 5) is 9.89. The first-order valence-corrected chi connectivity index (χ1v) is 5.31. The molecule has 0 amide bonds. The van der Waals surface area contributed by atoms with E-state index in [1.54, 1.807) is 12.2 Å². The zero-order chi connectivity index (χ0) is 14.5. The summed E-state index contributed by atoms with van der Waals surface area (Å²) in [6.07, 6.45) is -1.35. The number of benzene rings is 1. The molecule has 0 radical (unpaired) electrons. The number of nitrogens with zero attached hydrogens (tertiary/aromatic N) is 1. The summed E-state index contributed by atoms with van der Waals surface area (Å²) in [5, 5.41) is 13.4. The molecule has 5 nitrogen and oxygen atoms in total. The predicted molar refractivity (Wildman–Crippen MR) is 64.8 cm³/mol. The lowest BCUT2D eigenvalue weighted by Gasteiger charge is -2.09. The molecule has 104 valence electrons. The second kappa shape index (κ2) is 6.19. The lowest BCUT2D eigenvalue weighted by Crippen LogP contribution is -2.08. The van der Waals surface area contributed by atoms with Crippen LogP contribution >= 0.6 is 0 Å². The van der Waals surface area contributed by atoms with Crippen molar-refractivity contribution < 1.29 is 18.1 Å². The Kier molecular flexibility index (Phi) is 4.87. The molecule has 8 heteroatoms. The van der Waals surface area contributed by atoms with Crippen molar-refractivity contribution in [1.29, 1.82) is 0 Å². The van der Waals surface area contributed by atoms with Gasteiger partial charge < -0.3 is 11.1 Å². The smallest absolute Gasteiger partial charge is 0.376 e. The summed E-state index contributed by atoms with van der Waals surface area (Å²) >= 11 is 0. The van der Waals surface area contributed by atoms with Gasteiger partial charge in [0, 0.05) is 19.2 Å². The summed E-state index contributed by atoms with van der Waals surface area (Å²) in [5.41, 5.74) is 3.57. The summed E-state index contributed by atoms with van der Waals surface area (Å²) < 4.78 is 37.3. The molecule has 0 aliphatic heterocycles. The Morgan fingerprint density at radius 2 is 2.05 bits per heavy atom. The Bertz CT molecular complexity index is 487. The third kappa shape index (κ3) is 4.25. The average Bonchev–Trinajstić information content (AvgIpc) is 2.33. The highest BCUT2D eigenvalue weighted by atomic mass is 19.4. The molecule has 0 fully saturated rings. The second-order valence-corrected chi connectivity index (χ2v) is 3.57. The third-order valence-corrected chi connectivity index (χ3v) is 2.23. The molecule has 0 saturated heterocycles. The molecule has 1 rings (SSSR count). The molecule has 0 bridgehead atoms.